The van der Waals surface area contributed by atoms with Crippen LogP contribution in [0.3, 0.4) is 0 Å². The van der Waals surface area contributed by atoms with E-state index in [0.717, 1.165) is 11.4 Å². The molecule has 3 aromatic rings. The Morgan fingerprint density at radius 3 is 2.37 bits per heavy atom. The average Bonchev–Trinajstić information content (AvgIpc) is 2.78. The molecule has 0 bridgehead atoms. The van der Waals surface area contributed by atoms with E-state index < -0.39 is 0 Å². The number of hydrogen-bond acceptors (Lipinski definition) is 3. The fourth-order valence-electron chi connectivity index (χ4n) is 4.74. The molecule has 0 unspecified atom stereocenters. The van der Waals surface area contributed by atoms with Crippen LogP contribution in [0.5, 0.6) is 0 Å². The van der Waals surface area contributed by atoms with Crippen LogP contribution in [0.4, 0.5) is 0 Å². The molecule has 1 heterocycles. The van der Waals surface area contributed by atoms with Crippen molar-refractivity contribution in [1.29, 1.82) is 0 Å². The number of aromatic amines is 1. The molecule has 1 aliphatic rings. The Morgan fingerprint density at radius 2 is 1.67 bits per heavy atom. The molecule has 2 N–H and O–H groups in total. The Hall–Kier alpha value is -2.46. The summed E-state index contributed by atoms with van der Waals surface area (Å²) in [5.41, 5.74) is 3.43. The fourth-order valence-corrected chi connectivity index (χ4v) is 4.74. The Labute approximate surface area is 179 Å². The lowest BCUT2D eigenvalue weighted by molar-refractivity contribution is 0.367. The predicted octanol–water partition coefficient (Wildman–Crippen LogP) is 6.02. The lowest BCUT2D eigenvalue weighted by Crippen LogP contribution is -2.30. The Balaban J connectivity index is 1.54. The maximum atomic E-state index is 12.5. The number of nitrogens with zero attached hydrogens (tertiary/aromatic N) is 1. The van der Waals surface area contributed by atoms with E-state index in [2.05, 4.69) is 55.3 Å². The van der Waals surface area contributed by atoms with Gasteiger partial charge in [0.05, 0.1) is 16.9 Å². The van der Waals surface area contributed by atoms with Gasteiger partial charge in [0.25, 0.3) is 5.56 Å². The molecule has 0 radical (unpaired) electrons. The summed E-state index contributed by atoms with van der Waals surface area (Å²) in [7, 11) is 0. The molecule has 2 aromatic carbocycles. The third-order valence-corrected chi connectivity index (χ3v) is 6.51. The van der Waals surface area contributed by atoms with Gasteiger partial charge in [0.15, 0.2) is 0 Å². The van der Waals surface area contributed by atoms with E-state index in [9.17, 15) is 4.79 Å². The van der Waals surface area contributed by atoms with Crippen LogP contribution in [-0.2, 0) is 0 Å². The smallest absolute Gasteiger partial charge is 0.258 e. The molecule has 2 atom stereocenters. The second kappa shape index (κ2) is 9.13. The Kier molecular flexibility index (Phi) is 6.33. The van der Waals surface area contributed by atoms with Crippen molar-refractivity contribution in [3.8, 4) is 0 Å². The van der Waals surface area contributed by atoms with E-state index in [0.29, 0.717) is 17.1 Å². The quantitative estimate of drug-likeness (QED) is 0.529. The predicted molar refractivity (Wildman–Crippen MR) is 124 cm³/mol. The van der Waals surface area contributed by atoms with Gasteiger partial charge in [0, 0.05) is 6.04 Å². The number of para-hydroxylation sites is 1. The number of aromatic nitrogens is 2. The highest BCUT2D eigenvalue weighted by Gasteiger charge is 2.21. The van der Waals surface area contributed by atoms with Gasteiger partial charge >= 0.3 is 0 Å². The van der Waals surface area contributed by atoms with Gasteiger partial charge in [-0.05, 0) is 54.9 Å². The minimum Gasteiger partial charge on any atom is -0.309 e. The first-order valence-electron chi connectivity index (χ1n) is 11.4. The van der Waals surface area contributed by atoms with Crippen LogP contribution in [-0.4, -0.2) is 9.97 Å². The number of rotatable bonds is 6. The molecule has 1 fully saturated rings. The standard InChI is InChI=1S/C26H33N3O/c1-17(2)24(21-15-13-20(14-16-21)19-9-5-4-6-10-19)27-18(3)25-28-23-12-8-7-11-22(23)26(30)29-25/h7-8,11-19,24,27H,4-6,9-10H2,1-3H3,(H,28,29,30)/t18-,24+/m1/s1. The van der Waals surface area contributed by atoms with Gasteiger partial charge in [-0.25, -0.2) is 4.98 Å². The van der Waals surface area contributed by atoms with Crippen LogP contribution in [0.2, 0.25) is 0 Å². The van der Waals surface area contributed by atoms with Gasteiger partial charge in [-0.15, -0.1) is 0 Å². The number of H-pyrrole nitrogens is 1. The molecule has 4 nitrogen and oxygen atoms in total. The van der Waals surface area contributed by atoms with Crippen molar-refractivity contribution in [2.45, 2.75) is 70.9 Å². The minimum absolute atomic E-state index is 0.0623. The van der Waals surface area contributed by atoms with Crippen LogP contribution < -0.4 is 10.9 Å². The summed E-state index contributed by atoms with van der Waals surface area (Å²) in [6.07, 6.45) is 6.75. The van der Waals surface area contributed by atoms with Gasteiger partial charge in [-0.2, -0.15) is 0 Å². The normalized spacial score (nSPS) is 17.3. The summed E-state index contributed by atoms with van der Waals surface area (Å²) in [6, 6.07) is 16.8. The zero-order valence-corrected chi connectivity index (χ0v) is 18.3. The van der Waals surface area contributed by atoms with E-state index in [1.54, 1.807) is 0 Å². The first kappa shape index (κ1) is 20.8. The lowest BCUT2D eigenvalue weighted by atomic mass is 9.83. The topological polar surface area (TPSA) is 57.8 Å². The Bertz CT molecular complexity index is 1030. The maximum Gasteiger partial charge on any atom is 0.258 e. The molecule has 1 aromatic heterocycles. The monoisotopic (exact) mass is 403 g/mol. The maximum absolute atomic E-state index is 12.5. The van der Waals surface area contributed by atoms with Crippen molar-refractivity contribution < 1.29 is 0 Å². The molecule has 4 heteroatoms. The first-order chi connectivity index (χ1) is 14.5. The highest BCUT2D eigenvalue weighted by molar-refractivity contribution is 5.77. The van der Waals surface area contributed by atoms with Gasteiger partial charge in [-0.1, -0.05) is 69.5 Å². The third-order valence-electron chi connectivity index (χ3n) is 6.51. The van der Waals surface area contributed by atoms with Crippen molar-refractivity contribution in [2.24, 2.45) is 5.92 Å². The largest absolute Gasteiger partial charge is 0.309 e. The summed E-state index contributed by atoms with van der Waals surface area (Å²) in [5, 5.41) is 4.34. The van der Waals surface area contributed by atoms with E-state index in [1.165, 1.54) is 43.2 Å². The van der Waals surface area contributed by atoms with Crippen LogP contribution in [0.25, 0.3) is 10.9 Å². The second-order valence-corrected chi connectivity index (χ2v) is 9.08. The summed E-state index contributed by atoms with van der Waals surface area (Å²) in [6.45, 7) is 6.53. The number of hydrogen-bond donors (Lipinski definition) is 2. The number of fused-ring (bicyclic) bond motifs is 1. The first-order valence-corrected chi connectivity index (χ1v) is 11.4. The lowest BCUT2D eigenvalue weighted by Gasteiger charge is -2.28. The molecule has 0 aliphatic heterocycles. The number of nitrogens with one attached hydrogen (secondary N) is 2. The fraction of sp³-hybridized carbons (Fsp3) is 0.462. The van der Waals surface area contributed by atoms with E-state index in [-0.39, 0.29) is 17.6 Å². The molecule has 1 aliphatic carbocycles. The SMILES string of the molecule is CC(C)[C@H](N[C@H](C)c1nc2ccccc2c(=O)[nH]1)c1ccc(C2CCCCC2)cc1. The van der Waals surface area contributed by atoms with Crippen molar-refractivity contribution in [2.75, 3.05) is 0 Å². The molecule has 30 heavy (non-hydrogen) atoms. The van der Waals surface area contributed by atoms with E-state index in [4.69, 9.17) is 4.98 Å². The van der Waals surface area contributed by atoms with Crippen LogP contribution in [0, 0.1) is 5.92 Å². The molecular formula is C26H33N3O. The van der Waals surface area contributed by atoms with E-state index in [1.807, 2.05) is 24.3 Å². The van der Waals surface area contributed by atoms with Gasteiger partial charge < -0.3 is 10.3 Å². The molecule has 1 saturated carbocycles. The average molecular weight is 404 g/mol. The highest BCUT2D eigenvalue weighted by atomic mass is 16.1. The highest BCUT2D eigenvalue weighted by Crippen LogP contribution is 2.34. The van der Waals surface area contributed by atoms with Crippen LogP contribution in [0.1, 0.15) is 87.8 Å². The zero-order chi connectivity index (χ0) is 21.1. The third kappa shape index (κ3) is 4.49. The van der Waals surface area contributed by atoms with Crippen LogP contribution >= 0.6 is 0 Å². The molecule has 158 valence electrons. The molecule has 4 rings (SSSR count). The summed E-state index contributed by atoms with van der Waals surface area (Å²) in [4.78, 5) is 20.1. The second-order valence-electron chi connectivity index (χ2n) is 9.08. The van der Waals surface area contributed by atoms with Crippen LogP contribution in [0.15, 0.2) is 53.3 Å². The van der Waals surface area contributed by atoms with Gasteiger partial charge in [0.2, 0.25) is 0 Å². The zero-order valence-electron chi connectivity index (χ0n) is 18.3. The molecule has 0 spiro atoms. The molecular weight excluding hydrogens is 370 g/mol. The Morgan fingerprint density at radius 1 is 0.967 bits per heavy atom. The number of benzene rings is 2. The van der Waals surface area contributed by atoms with Gasteiger partial charge in [-0.3, -0.25) is 4.79 Å². The van der Waals surface area contributed by atoms with Crippen molar-refractivity contribution in [3.63, 3.8) is 0 Å². The summed E-state index contributed by atoms with van der Waals surface area (Å²) >= 11 is 0. The molecule has 0 saturated heterocycles. The van der Waals surface area contributed by atoms with Gasteiger partial charge in [0.1, 0.15) is 5.82 Å². The molecule has 0 amide bonds. The minimum atomic E-state index is -0.0813. The van der Waals surface area contributed by atoms with Crippen molar-refractivity contribution >= 4 is 10.9 Å². The van der Waals surface area contributed by atoms with E-state index >= 15 is 0 Å². The van der Waals surface area contributed by atoms with Crippen molar-refractivity contribution in [1.82, 2.24) is 15.3 Å². The van der Waals surface area contributed by atoms with Crippen molar-refractivity contribution in [3.05, 3.63) is 75.8 Å². The summed E-state index contributed by atoms with van der Waals surface area (Å²) < 4.78 is 0. The summed E-state index contributed by atoms with van der Waals surface area (Å²) in [5.74, 6) is 1.83.